The molecule has 2 aromatic rings. The normalized spacial score (nSPS) is 26.9. The standard InChI is InChI=1S/C27H30N4O3/c1-26(2)10-9-21(16-5-6-16)31(25(26)34)15-22(32)29-19-8-7-17-13-27(14-18(17)12-19)20-4-3-11-28-23(20)30-24(27)33/h3-4,7-8,11-12,16,21H,5-6,9-10,13-15H2,1-2H3,(H,29,32)(H,28,30,33)/t21-,27?/m0/s1. The summed E-state index contributed by atoms with van der Waals surface area (Å²) >= 11 is 0. The molecule has 0 bridgehead atoms. The van der Waals surface area contributed by atoms with Gasteiger partial charge in [-0.2, -0.15) is 0 Å². The fourth-order valence-electron chi connectivity index (χ4n) is 6.17. The molecule has 7 nitrogen and oxygen atoms in total. The third-order valence-corrected chi connectivity index (χ3v) is 8.25. The molecule has 7 heteroatoms. The van der Waals surface area contributed by atoms with Crippen molar-refractivity contribution in [3.05, 3.63) is 53.2 Å². The van der Waals surface area contributed by atoms with Gasteiger partial charge in [0.2, 0.25) is 17.7 Å². The second-order valence-corrected chi connectivity index (χ2v) is 11.1. The molecule has 176 valence electrons. The van der Waals surface area contributed by atoms with Gasteiger partial charge in [-0.15, -0.1) is 0 Å². The van der Waals surface area contributed by atoms with Gasteiger partial charge < -0.3 is 15.5 Å². The molecular formula is C27H30N4O3. The Hall–Kier alpha value is -3.22. The predicted octanol–water partition coefficient (Wildman–Crippen LogP) is 3.44. The SMILES string of the molecule is CC1(C)CC[C@@H](C2CC2)N(CC(=O)Nc2ccc3c(c2)CC2(C3)C(=O)Nc3ncccc32)C1=O. The van der Waals surface area contributed by atoms with E-state index in [2.05, 4.69) is 15.6 Å². The van der Waals surface area contributed by atoms with Crippen LogP contribution in [0.25, 0.3) is 0 Å². The molecule has 1 aromatic carbocycles. The van der Waals surface area contributed by atoms with Gasteiger partial charge in [0, 0.05) is 28.9 Å². The number of anilines is 2. The lowest BCUT2D eigenvalue weighted by Crippen LogP contribution is -2.54. The summed E-state index contributed by atoms with van der Waals surface area (Å²) in [6.45, 7) is 4.05. The van der Waals surface area contributed by atoms with Gasteiger partial charge in [-0.3, -0.25) is 14.4 Å². The van der Waals surface area contributed by atoms with Crippen molar-refractivity contribution in [1.29, 1.82) is 0 Å². The van der Waals surface area contributed by atoms with E-state index in [9.17, 15) is 14.4 Å². The van der Waals surface area contributed by atoms with Crippen LogP contribution in [0.5, 0.6) is 0 Å². The summed E-state index contributed by atoms with van der Waals surface area (Å²) in [5, 5.41) is 5.94. The van der Waals surface area contributed by atoms with Gasteiger partial charge in [0.25, 0.3) is 0 Å². The van der Waals surface area contributed by atoms with Crippen molar-refractivity contribution in [2.75, 3.05) is 17.2 Å². The fourth-order valence-corrected chi connectivity index (χ4v) is 6.17. The van der Waals surface area contributed by atoms with Crippen molar-refractivity contribution < 1.29 is 14.4 Å². The Morgan fingerprint density at radius 3 is 2.74 bits per heavy atom. The number of rotatable bonds is 4. The van der Waals surface area contributed by atoms with Crippen LogP contribution in [0.2, 0.25) is 0 Å². The van der Waals surface area contributed by atoms with Crippen LogP contribution in [0.1, 0.15) is 56.2 Å². The third-order valence-electron chi connectivity index (χ3n) is 8.25. The second kappa shape index (κ2) is 7.39. The first-order valence-corrected chi connectivity index (χ1v) is 12.3. The highest BCUT2D eigenvalue weighted by Gasteiger charge is 2.51. The van der Waals surface area contributed by atoms with Crippen LogP contribution in [0.4, 0.5) is 11.5 Å². The number of piperidine rings is 1. The van der Waals surface area contributed by atoms with E-state index in [0.29, 0.717) is 30.3 Å². The van der Waals surface area contributed by atoms with Crippen molar-refractivity contribution in [3.63, 3.8) is 0 Å². The van der Waals surface area contributed by atoms with E-state index in [4.69, 9.17) is 0 Å². The van der Waals surface area contributed by atoms with Crippen LogP contribution in [0, 0.1) is 11.3 Å². The highest BCUT2D eigenvalue weighted by Crippen LogP contribution is 2.47. The Balaban J connectivity index is 1.19. The zero-order valence-electron chi connectivity index (χ0n) is 19.7. The first-order valence-electron chi connectivity index (χ1n) is 12.3. The van der Waals surface area contributed by atoms with Crippen molar-refractivity contribution in [1.82, 2.24) is 9.88 Å². The molecular weight excluding hydrogens is 428 g/mol. The van der Waals surface area contributed by atoms with Gasteiger partial charge in [0.05, 0.1) is 5.41 Å². The summed E-state index contributed by atoms with van der Waals surface area (Å²) in [6, 6.07) is 9.90. The maximum absolute atomic E-state index is 13.1. The average molecular weight is 459 g/mol. The number of benzene rings is 1. The Kier molecular flexibility index (Phi) is 4.63. The Labute approximate surface area is 199 Å². The molecule has 1 aromatic heterocycles. The predicted molar refractivity (Wildman–Crippen MR) is 128 cm³/mol. The molecule has 0 radical (unpaired) electrons. The molecule has 1 saturated heterocycles. The largest absolute Gasteiger partial charge is 0.330 e. The fraction of sp³-hybridized carbons (Fsp3) is 0.481. The summed E-state index contributed by atoms with van der Waals surface area (Å²) < 4.78 is 0. The van der Waals surface area contributed by atoms with E-state index in [-0.39, 0.29) is 30.3 Å². The summed E-state index contributed by atoms with van der Waals surface area (Å²) in [6.07, 6.45) is 7.04. The number of carbonyl (C=O) groups excluding carboxylic acids is 3. The topological polar surface area (TPSA) is 91.4 Å². The minimum Gasteiger partial charge on any atom is -0.330 e. The number of carbonyl (C=O) groups is 3. The molecule has 2 aliphatic carbocycles. The molecule has 2 N–H and O–H groups in total. The maximum atomic E-state index is 13.1. The number of hydrogen-bond acceptors (Lipinski definition) is 4. The lowest BCUT2D eigenvalue weighted by molar-refractivity contribution is -0.150. The van der Waals surface area contributed by atoms with Gasteiger partial charge in [0.15, 0.2) is 0 Å². The number of aromatic nitrogens is 1. The van der Waals surface area contributed by atoms with Crippen LogP contribution >= 0.6 is 0 Å². The number of amides is 3. The molecule has 1 spiro atoms. The zero-order valence-corrected chi connectivity index (χ0v) is 19.7. The van der Waals surface area contributed by atoms with Crippen molar-refractivity contribution in [2.24, 2.45) is 11.3 Å². The van der Waals surface area contributed by atoms with Gasteiger partial charge in [-0.25, -0.2) is 4.98 Å². The van der Waals surface area contributed by atoms with Crippen LogP contribution in [-0.4, -0.2) is 40.2 Å². The number of fused-ring (bicyclic) bond motifs is 3. The summed E-state index contributed by atoms with van der Waals surface area (Å²) in [5.74, 6) is 1.09. The second-order valence-electron chi connectivity index (χ2n) is 11.1. The molecule has 3 heterocycles. The molecule has 2 atom stereocenters. The Morgan fingerprint density at radius 2 is 1.94 bits per heavy atom. The maximum Gasteiger partial charge on any atom is 0.244 e. The van der Waals surface area contributed by atoms with Gasteiger partial charge in [-0.05, 0) is 73.8 Å². The lowest BCUT2D eigenvalue weighted by atomic mass is 9.79. The minimum absolute atomic E-state index is 0.0136. The van der Waals surface area contributed by atoms with E-state index < -0.39 is 10.8 Å². The number of nitrogens with one attached hydrogen (secondary N) is 2. The highest BCUT2D eigenvalue weighted by molar-refractivity contribution is 6.06. The number of likely N-dealkylation sites (tertiary alicyclic amines) is 1. The molecule has 1 saturated carbocycles. The number of hydrogen-bond donors (Lipinski definition) is 2. The number of nitrogens with zero attached hydrogens (tertiary/aromatic N) is 2. The monoisotopic (exact) mass is 458 g/mol. The van der Waals surface area contributed by atoms with Gasteiger partial charge >= 0.3 is 0 Å². The van der Waals surface area contributed by atoms with E-state index in [1.54, 1.807) is 6.20 Å². The van der Waals surface area contributed by atoms with Crippen molar-refractivity contribution in [3.8, 4) is 0 Å². The van der Waals surface area contributed by atoms with E-state index in [0.717, 1.165) is 42.4 Å². The molecule has 2 fully saturated rings. The highest BCUT2D eigenvalue weighted by atomic mass is 16.2. The molecule has 3 amide bonds. The summed E-state index contributed by atoms with van der Waals surface area (Å²) in [5.41, 5.74) is 2.79. The van der Waals surface area contributed by atoms with Crippen LogP contribution < -0.4 is 10.6 Å². The van der Waals surface area contributed by atoms with E-state index in [1.165, 1.54) is 0 Å². The van der Waals surface area contributed by atoms with Crippen molar-refractivity contribution in [2.45, 2.75) is 63.8 Å². The van der Waals surface area contributed by atoms with Crippen molar-refractivity contribution >= 4 is 29.2 Å². The molecule has 6 rings (SSSR count). The van der Waals surface area contributed by atoms with Crippen LogP contribution in [-0.2, 0) is 32.6 Å². The first kappa shape index (κ1) is 21.3. The van der Waals surface area contributed by atoms with E-state index in [1.807, 2.05) is 49.1 Å². The molecule has 4 aliphatic rings. The lowest BCUT2D eigenvalue weighted by Gasteiger charge is -2.43. The zero-order chi connectivity index (χ0) is 23.7. The average Bonchev–Trinajstić information content (AvgIpc) is 3.51. The molecule has 34 heavy (non-hydrogen) atoms. The molecule has 1 unspecified atom stereocenters. The van der Waals surface area contributed by atoms with Crippen LogP contribution in [0.3, 0.4) is 0 Å². The summed E-state index contributed by atoms with van der Waals surface area (Å²) in [7, 11) is 0. The third kappa shape index (κ3) is 3.32. The molecule has 2 aliphatic heterocycles. The minimum atomic E-state index is -0.627. The van der Waals surface area contributed by atoms with Crippen LogP contribution in [0.15, 0.2) is 36.5 Å². The summed E-state index contributed by atoms with van der Waals surface area (Å²) in [4.78, 5) is 45.2. The van der Waals surface area contributed by atoms with Gasteiger partial charge in [0.1, 0.15) is 12.4 Å². The first-order chi connectivity index (χ1) is 16.3. The smallest absolute Gasteiger partial charge is 0.244 e. The Morgan fingerprint density at radius 1 is 1.15 bits per heavy atom. The Bertz CT molecular complexity index is 1220. The quantitative estimate of drug-likeness (QED) is 0.734. The van der Waals surface area contributed by atoms with Gasteiger partial charge in [-0.1, -0.05) is 26.0 Å². The number of pyridine rings is 1. The van der Waals surface area contributed by atoms with E-state index >= 15 is 0 Å².